The number of likely N-dealkylation sites (N-methyl/N-ethyl adjacent to an activating group) is 1. The Bertz CT molecular complexity index is 3010. The molecule has 0 aliphatic carbocycles. The van der Waals surface area contributed by atoms with Crippen LogP contribution in [-0.4, -0.2) is 193 Å². The molecule has 4 unspecified atom stereocenters. The molecule has 4 heterocycles. The third-order valence-corrected chi connectivity index (χ3v) is 12.7. The van der Waals surface area contributed by atoms with Gasteiger partial charge >= 0.3 is 24.0 Å². The number of rotatable bonds is 30. The molecule has 4 atom stereocenters. The van der Waals surface area contributed by atoms with Crippen LogP contribution in [0.4, 0.5) is 4.79 Å². The van der Waals surface area contributed by atoms with Gasteiger partial charge in [-0.15, -0.1) is 0 Å². The predicted molar refractivity (Wildman–Crippen MR) is 283 cm³/mol. The van der Waals surface area contributed by atoms with Crippen molar-refractivity contribution in [3.05, 3.63) is 118 Å². The topological polar surface area (TPSA) is 377 Å². The van der Waals surface area contributed by atoms with Crippen LogP contribution in [0.25, 0.3) is 16.9 Å². The number of fused-ring (bicyclic) bond motifs is 1. The molecule has 1 aliphatic heterocycles. The van der Waals surface area contributed by atoms with Crippen LogP contribution in [0, 0.1) is 10.1 Å². The number of carbonyl (C=O) groups is 9. The number of amides is 6. The molecule has 6 amide bonds. The number of furan rings is 1. The van der Waals surface area contributed by atoms with Gasteiger partial charge in [0.1, 0.15) is 29.6 Å². The van der Waals surface area contributed by atoms with Crippen LogP contribution in [0.2, 0.25) is 0 Å². The van der Waals surface area contributed by atoms with Crippen LogP contribution in [0.1, 0.15) is 61.7 Å². The van der Waals surface area contributed by atoms with Crippen molar-refractivity contribution >= 4 is 59.2 Å². The Hall–Kier alpha value is -9.31. The van der Waals surface area contributed by atoms with Gasteiger partial charge in [0.2, 0.25) is 36.1 Å². The van der Waals surface area contributed by atoms with Gasteiger partial charge < -0.3 is 60.3 Å². The molecule has 28 nitrogen and oxygen atoms in total. The van der Waals surface area contributed by atoms with E-state index >= 15 is 0 Å². The zero-order valence-corrected chi connectivity index (χ0v) is 44.4. The van der Waals surface area contributed by atoms with Crippen molar-refractivity contribution in [2.75, 3.05) is 66.1 Å². The average Bonchev–Trinajstić information content (AvgIpc) is 3.70. The van der Waals surface area contributed by atoms with E-state index in [1.807, 2.05) is 76.6 Å². The molecule has 0 saturated carbocycles. The lowest BCUT2D eigenvalue weighted by Gasteiger charge is -2.29. The number of nitro groups is 1. The first kappa shape index (κ1) is 60.9. The van der Waals surface area contributed by atoms with E-state index in [2.05, 4.69) is 10.2 Å². The van der Waals surface area contributed by atoms with E-state index in [9.17, 15) is 68.6 Å². The first-order valence-electron chi connectivity index (χ1n) is 25.7. The number of carboxylic acid groups (broad SMARTS) is 3. The molecule has 7 N–H and O–H groups in total. The fourth-order valence-electron chi connectivity index (χ4n) is 8.77. The van der Waals surface area contributed by atoms with Gasteiger partial charge in [-0.3, -0.25) is 57.8 Å². The minimum atomic E-state index is -2.12. The lowest BCUT2D eigenvalue weighted by atomic mass is 10.1. The van der Waals surface area contributed by atoms with Gasteiger partial charge in [-0.2, -0.15) is 0 Å². The molecular weight excluding hydrogens is 1060 g/mol. The molecule has 432 valence electrons. The number of nitrogens with zero attached hydrogens (tertiary/aromatic N) is 7. The number of benzene rings is 2. The molecule has 3 aromatic heterocycles. The second-order valence-electron chi connectivity index (χ2n) is 18.9. The normalized spacial score (nSPS) is 13.9. The lowest BCUT2D eigenvalue weighted by molar-refractivity contribution is -0.481. The Kier molecular flexibility index (Phi) is 22.3. The van der Waals surface area contributed by atoms with E-state index < -0.39 is 108 Å². The Balaban J connectivity index is 1.21. The summed E-state index contributed by atoms with van der Waals surface area (Å²) in [5.74, 6) is -10.3. The first-order chi connectivity index (χ1) is 38.7. The first-order valence-corrected chi connectivity index (χ1v) is 25.7. The number of imidazole rings is 1. The fourth-order valence-corrected chi connectivity index (χ4v) is 8.77. The average molecular weight is 1130 g/mol. The van der Waals surface area contributed by atoms with Gasteiger partial charge in [0.25, 0.3) is 5.91 Å². The number of morpholine rings is 1. The number of ether oxygens (including phenoxy) is 2. The van der Waals surface area contributed by atoms with E-state index in [0.29, 0.717) is 74.2 Å². The van der Waals surface area contributed by atoms with E-state index in [0.717, 1.165) is 23.0 Å². The highest BCUT2D eigenvalue weighted by atomic mass is 16.6. The summed E-state index contributed by atoms with van der Waals surface area (Å²) in [6.45, 7) is 2.81. The molecule has 0 radical (unpaired) electrons. The van der Waals surface area contributed by atoms with Gasteiger partial charge in [-0.1, -0.05) is 60.7 Å². The van der Waals surface area contributed by atoms with Crippen molar-refractivity contribution in [2.45, 2.75) is 76.0 Å². The molecule has 2 aromatic carbocycles. The quantitative estimate of drug-likeness (QED) is 0.0251. The number of hydrogen-bond acceptors (Lipinski definition) is 17. The van der Waals surface area contributed by atoms with Crippen LogP contribution in [0.5, 0.6) is 5.88 Å². The molecule has 6 rings (SSSR count). The van der Waals surface area contributed by atoms with E-state index in [1.165, 1.54) is 18.2 Å². The summed E-state index contributed by atoms with van der Waals surface area (Å²) in [6.07, 6.45) is 0.221. The van der Waals surface area contributed by atoms with Crippen LogP contribution >= 0.6 is 0 Å². The van der Waals surface area contributed by atoms with Crippen LogP contribution in [-0.2, 0) is 55.9 Å². The second kappa shape index (κ2) is 29.6. The predicted octanol–water partition coefficient (Wildman–Crippen LogP) is 1.20. The molecule has 0 spiro atoms. The maximum absolute atomic E-state index is 14.7. The SMILES string of the molecule is CC(=O)NC(CC(=O)O)C(=O)NC(CC(=O)O)C(=O)NC(CC(=O)O)C(=O)NC(C[N+](=O)[O-])C(=O)N(C)CCCN(CCCN1CCOCC1)C(=O)Oc1c(Cc2ccco2)nc2c(Cc3ccccc3)nc(-c3ccccc3)cn12. The fraction of sp³-hybridized carbons (Fsp3) is 0.415. The van der Waals surface area contributed by atoms with E-state index in [4.69, 9.17) is 23.9 Å². The molecule has 0 bridgehead atoms. The monoisotopic (exact) mass is 1130 g/mol. The third-order valence-electron chi connectivity index (χ3n) is 12.7. The molecule has 1 saturated heterocycles. The zero-order chi connectivity index (χ0) is 58.6. The zero-order valence-electron chi connectivity index (χ0n) is 44.4. The highest BCUT2D eigenvalue weighted by Crippen LogP contribution is 2.30. The Morgan fingerprint density at radius 3 is 1.84 bits per heavy atom. The number of hydrogen-bond donors (Lipinski definition) is 7. The van der Waals surface area contributed by atoms with E-state index in [1.54, 1.807) is 22.7 Å². The molecule has 1 aliphatic rings. The summed E-state index contributed by atoms with van der Waals surface area (Å²) >= 11 is 0. The second-order valence-corrected chi connectivity index (χ2v) is 18.9. The molecule has 28 heteroatoms. The van der Waals surface area contributed by atoms with Crippen molar-refractivity contribution in [1.82, 2.24) is 50.3 Å². The summed E-state index contributed by atoms with van der Waals surface area (Å²) in [7, 11) is 1.28. The van der Waals surface area contributed by atoms with Crippen molar-refractivity contribution in [1.29, 1.82) is 0 Å². The summed E-state index contributed by atoms with van der Waals surface area (Å²) in [5, 5.41) is 48.4. The van der Waals surface area contributed by atoms with Gasteiger partial charge in [0.05, 0.1) is 56.5 Å². The van der Waals surface area contributed by atoms with E-state index in [-0.39, 0.29) is 38.4 Å². The number of carboxylic acids is 3. The van der Waals surface area contributed by atoms with Crippen molar-refractivity contribution in [3.8, 4) is 17.1 Å². The summed E-state index contributed by atoms with van der Waals surface area (Å²) < 4.78 is 19.3. The Morgan fingerprint density at radius 1 is 0.716 bits per heavy atom. The summed E-state index contributed by atoms with van der Waals surface area (Å²) in [5.41, 5.74) is 3.76. The number of aromatic nitrogens is 3. The molecule has 81 heavy (non-hydrogen) atoms. The molecule has 1 fully saturated rings. The minimum absolute atomic E-state index is 0.0191. The van der Waals surface area contributed by atoms with Crippen molar-refractivity contribution < 1.29 is 77.3 Å². The summed E-state index contributed by atoms with van der Waals surface area (Å²) in [4.78, 5) is 141. The van der Waals surface area contributed by atoms with Crippen molar-refractivity contribution in [2.24, 2.45) is 0 Å². The van der Waals surface area contributed by atoms with Crippen LogP contribution in [0.3, 0.4) is 0 Å². The smallest absolute Gasteiger partial charge is 0.416 e. The molecule has 5 aromatic rings. The lowest BCUT2D eigenvalue weighted by Crippen LogP contribution is -2.59. The van der Waals surface area contributed by atoms with Gasteiger partial charge in [-0.05, 0) is 30.5 Å². The third kappa shape index (κ3) is 18.7. The minimum Gasteiger partial charge on any atom is -0.481 e. The van der Waals surface area contributed by atoms with Crippen LogP contribution < -0.4 is 26.0 Å². The standard InChI is InChI=1S/C53H63N11O17/c1-33(65)54-38(28-44(66)67)48(72)57-39(29-45(68)69)49(73)58-40(30-46(70)71)50(74)59-43(32-64(77)78)51(75)60(2)17-10-19-62(20-11-18-61-21-24-79-25-22-61)53(76)81-52-41(27-36-16-9-23-80-36)56-47-37(26-34-12-5-3-6-13-34)55-42(31-63(47)52)35-14-7-4-8-15-35/h3-9,12-16,23,31,38-40,43H,10-11,17-22,24-30,32H2,1-2H3,(H,54,65)(H,57,72)(H,58,73)(H,59,74)(H,66,67)(H,68,69)(H,70,71). The largest absolute Gasteiger partial charge is 0.481 e. The Morgan fingerprint density at radius 2 is 1.28 bits per heavy atom. The highest BCUT2D eigenvalue weighted by molar-refractivity contribution is 5.98. The van der Waals surface area contributed by atoms with Gasteiger partial charge in [-0.25, -0.2) is 14.8 Å². The maximum atomic E-state index is 14.7. The van der Waals surface area contributed by atoms with Gasteiger partial charge in [0, 0.05) is 76.3 Å². The maximum Gasteiger partial charge on any atom is 0.416 e. The Labute approximate surface area is 462 Å². The number of nitrogens with one attached hydrogen (secondary N) is 4. The molecular formula is C53H63N11O17. The highest BCUT2D eigenvalue weighted by Gasteiger charge is 2.36. The van der Waals surface area contributed by atoms with Gasteiger partial charge in [0.15, 0.2) is 11.7 Å². The summed E-state index contributed by atoms with van der Waals surface area (Å²) in [6, 6.07) is 14.7. The number of carbonyl (C=O) groups excluding carboxylic acids is 6. The number of aliphatic carboxylic acids is 3. The van der Waals surface area contributed by atoms with Crippen molar-refractivity contribution in [3.63, 3.8) is 0 Å². The van der Waals surface area contributed by atoms with Crippen LogP contribution in [0.15, 0.2) is 89.7 Å².